The summed E-state index contributed by atoms with van der Waals surface area (Å²) >= 11 is 6.03. The van der Waals surface area contributed by atoms with Crippen LogP contribution >= 0.6 is 11.6 Å². The summed E-state index contributed by atoms with van der Waals surface area (Å²) in [6.45, 7) is 5.72. The second-order valence-electron chi connectivity index (χ2n) is 7.05. The summed E-state index contributed by atoms with van der Waals surface area (Å²) in [6.07, 6.45) is 4.55. The molecular formula is C20H21ClN4O. The fraction of sp³-hybridized carbons (Fsp3) is 0.350. The van der Waals surface area contributed by atoms with Crippen molar-refractivity contribution in [2.45, 2.75) is 32.2 Å². The summed E-state index contributed by atoms with van der Waals surface area (Å²) in [7, 11) is 0. The van der Waals surface area contributed by atoms with Crippen molar-refractivity contribution in [3.8, 4) is 0 Å². The van der Waals surface area contributed by atoms with Crippen LogP contribution in [0.25, 0.3) is 11.0 Å². The minimum atomic E-state index is 0.0314. The van der Waals surface area contributed by atoms with Crippen molar-refractivity contribution in [3.63, 3.8) is 0 Å². The lowest BCUT2D eigenvalue weighted by Gasteiger charge is -2.19. The zero-order valence-electron chi connectivity index (χ0n) is 14.9. The van der Waals surface area contributed by atoms with E-state index in [9.17, 15) is 4.79 Å². The van der Waals surface area contributed by atoms with Gasteiger partial charge in [0.05, 0.1) is 17.2 Å². The second kappa shape index (κ2) is 6.72. The number of carbonyl (C=O) groups is 1. The van der Waals surface area contributed by atoms with Gasteiger partial charge in [0.25, 0.3) is 5.91 Å². The maximum atomic E-state index is 12.8. The Hall–Kier alpha value is -2.40. The van der Waals surface area contributed by atoms with Crippen LogP contribution in [0.5, 0.6) is 0 Å². The SMILES string of the molecule is CC(C)n1c([C@@H]2CCN(C(=O)c3cccc(Cl)c3)C2)nc2ccncc21. The van der Waals surface area contributed by atoms with Crippen LogP contribution in [0.2, 0.25) is 5.02 Å². The standard InChI is InChI=1S/C20H21ClN4O/c1-13(2)25-18-11-22-8-6-17(18)23-19(25)15-7-9-24(12-15)20(26)14-4-3-5-16(21)10-14/h3-6,8,10-11,13,15H,7,9,12H2,1-2H3/t15-/m1/s1. The Balaban J connectivity index is 1.62. The number of halogens is 1. The third kappa shape index (κ3) is 2.97. The van der Waals surface area contributed by atoms with Gasteiger partial charge in [0.1, 0.15) is 5.82 Å². The van der Waals surface area contributed by atoms with Gasteiger partial charge in [0, 0.05) is 41.8 Å². The molecule has 6 heteroatoms. The summed E-state index contributed by atoms with van der Waals surface area (Å²) < 4.78 is 2.25. The van der Waals surface area contributed by atoms with Gasteiger partial charge < -0.3 is 9.47 Å². The number of imidazole rings is 1. The monoisotopic (exact) mass is 368 g/mol. The molecule has 0 radical (unpaired) electrons. The molecule has 3 aromatic rings. The van der Waals surface area contributed by atoms with Crippen LogP contribution in [-0.2, 0) is 0 Å². The van der Waals surface area contributed by atoms with Crippen molar-refractivity contribution < 1.29 is 4.79 Å². The highest BCUT2D eigenvalue weighted by atomic mass is 35.5. The van der Waals surface area contributed by atoms with Gasteiger partial charge in [0.15, 0.2) is 0 Å². The van der Waals surface area contributed by atoms with E-state index in [1.165, 1.54) is 0 Å². The number of aromatic nitrogens is 3. The molecule has 5 nitrogen and oxygen atoms in total. The molecule has 0 spiro atoms. The number of amides is 1. The van der Waals surface area contributed by atoms with E-state index in [2.05, 4.69) is 23.4 Å². The van der Waals surface area contributed by atoms with Crippen molar-refractivity contribution >= 4 is 28.5 Å². The highest BCUT2D eigenvalue weighted by Crippen LogP contribution is 2.32. The number of pyridine rings is 1. The predicted octanol–water partition coefficient (Wildman–Crippen LogP) is 4.30. The first kappa shape index (κ1) is 17.0. The number of likely N-dealkylation sites (tertiary alicyclic amines) is 1. The summed E-state index contributed by atoms with van der Waals surface area (Å²) in [6, 6.07) is 9.37. The molecule has 0 bridgehead atoms. The van der Waals surface area contributed by atoms with E-state index in [4.69, 9.17) is 16.6 Å². The van der Waals surface area contributed by atoms with E-state index in [0.717, 1.165) is 29.8 Å². The van der Waals surface area contributed by atoms with E-state index >= 15 is 0 Å². The second-order valence-corrected chi connectivity index (χ2v) is 7.48. The molecule has 0 unspecified atom stereocenters. The first-order valence-corrected chi connectivity index (χ1v) is 9.29. The quantitative estimate of drug-likeness (QED) is 0.692. The average molecular weight is 369 g/mol. The van der Waals surface area contributed by atoms with Crippen LogP contribution in [0.15, 0.2) is 42.7 Å². The summed E-state index contributed by atoms with van der Waals surface area (Å²) in [5, 5.41) is 0.584. The Morgan fingerprint density at radius 2 is 2.15 bits per heavy atom. The molecule has 1 atom stereocenters. The third-order valence-corrected chi connectivity index (χ3v) is 5.18. The van der Waals surface area contributed by atoms with Gasteiger partial charge in [-0.15, -0.1) is 0 Å². The van der Waals surface area contributed by atoms with E-state index in [-0.39, 0.29) is 17.9 Å². The van der Waals surface area contributed by atoms with Crippen LogP contribution in [-0.4, -0.2) is 38.4 Å². The number of fused-ring (bicyclic) bond motifs is 1. The molecule has 1 aromatic carbocycles. The normalized spacial score (nSPS) is 17.4. The molecule has 0 aliphatic carbocycles. The number of carbonyl (C=O) groups excluding carboxylic acids is 1. The molecule has 1 fully saturated rings. The average Bonchev–Trinajstić information content (AvgIpc) is 3.25. The molecule has 4 rings (SSSR count). The molecule has 134 valence electrons. The molecule has 26 heavy (non-hydrogen) atoms. The number of hydrogen-bond acceptors (Lipinski definition) is 3. The van der Waals surface area contributed by atoms with Gasteiger partial charge in [0.2, 0.25) is 0 Å². The molecule has 1 amide bonds. The topological polar surface area (TPSA) is 51.0 Å². The van der Waals surface area contributed by atoms with Crippen molar-refractivity contribution in [1.82, 2.24) is 19.4 Å². The molecule has 1 aliphatic rings. The molecular weight excluding hydrogens is 348 g/mol. The summed E-state index contributed by atoms with van der Waals surface area (Å²) in [5.41, 5.74) is 2.65. The maximum absolute atomic E-state index is 12.8. The Morgan fingerprint density at radius 3 is 2.92 bits per heavy atom. The van der Waals surface area contributed by atoms with E-state index in [1.807, 2.05) is 29.3 Å². The van der Waals surface area contributed by atoms with Crippen molar-refractivity contribution in [3.05, 3.63) is 59.1 Å². The van der Waals surface area contributed by atoms with E-state index in [1.54, 1.807) is 18.3 Å². The van der Waals surface area contributed by atoms with Crippen molar-refractivity contribution in [1.29, 1.82) is 0 Å². The van der Waals surface area contributed by atoms with Crippen LogP contribution in [0.1, 0.15) is 48.4 Å². The van der Waals surface area contributed by atoms with Gasteiger partial charge in [-0.25, -0.2) is 4.98 Å². The third-order valence-electron chi connectivity index (χ3n) is 4.95. The lowest BCUT2D eigenvalue weighted by atomic mass is 10.1. The van der Waals surface area contributed by atoms with Gasteiger partial charge in [-0.2, -0.15) is 0 Å². The zero-order valence-corrected chi connectivity index (χ0v) is 15.6. The highest BCUT2D eigenvalue weighted by molar-refractivity contribution is 6.30. The Bertz CT molecular complexity index is 965. The lowest BCUT2D eigenvalue weighted by molar-refractivity contribution is 0.0790. The van der Waals surface area contributed by atoms with Crippen molar-refractivity contribution in [2.24, 2.45) is 0 Å². The largest absolute Gasteiger partial charge is 0.338 e. The Labute approximate surface area is 157 Å². The van der Waals surface area contributed by atoms with E-state index < -0.39 is 0 Å². The number of rotatable bonds is 3. The Kier molecular flexibility index (Phi) is 4.41. The van der Waals surface area contributed by atoms with Crippen LogP contribution in [0.3, 0.4) is 0 Å². The highest BCUT2D eigenvalue weighted by Gasteiger charge is 2.32. The molecule has 1 aliphatic heterocycles. The van der Waals surface area contributed by atoms with Crippen molar-refractivity contribution in [2.75, 3.05) is 13.1 Å². The molecule has 0 N–H and O–H groups in total. The van der Waals surface area contributed by atoms with Gasteiger partial charge in [-0.05, 0) is 44.5 Å². The number of nitrogens with zero attached hydrogens (tertiary/aromatic N) is 4. The fourth-order valence-electron chi connectivity index (χ4n) is 3.75. The van der Waals surface area contributed by atoms with Crippen LogP contribution in [0.4, 0.5) is 0 Å². The predicted molar refractivity (Wildman–Crippen MR) is 103 cm³/mol. The maximum Gasteiger partial charge on any atom is 0.253 e. The zero-order chi connectivity index (χ0) is 18.3. The van der Waals surface area contributed by atoms with Crippen LogP contribution in [0, 0.1) is 0 Å². The van der Waals surface area contributed by atoms with Gasteiger partial charge in [-0.3, -0.25) is 9.78 Å². The smallest absolute Gasteiger partial charge is 0.253 e. The first-order valence-electron chi connectivity index (χ1n) is 8.91. The number of benzene rings is 1. The fourth-order valence-corrected chi connectivity index (χ4v) is 3.94. The number of hydrogen-bond donors (Lipinski definition) is 0. The molecule has 3 heterocycles. The molecule has 2 aromatic heterocycles. The first-order chi connectivity index (χ1) is 12.5. The summed E-state index contributed by atoms with van der Waals surface area (Å²) in [5.74, 6) is 1.31. The minimum Gasteiger partial charge on any atom is -0.338 e. The summed E-state index contributed by atoms with van der Waals surface area (Å²) in [4.78, 5) is 23.8. The van der Waals surface area contributed by atoms with Gasteiger partial charge >= 0.3 is 0 Å². The Morgan fingerprint density at radius 1 is 1.31 bits per heavy atom. The lowest BCUT2D eigenvalue weighted by Crippen LogP contribution is -2.28. The molecule has 0 saturated carbocycles. The van der Waals surface area contributed by atoms with E-state index in [0.29, 0.717) is 17.1 Å². The molecule has 1 saturated heterocycles. The minimum absolute atomic E-state index is 0.0314. The van der Waals surface area contributed by atoms with Crippen LogP contribution < -0.4 is 0 Å². The van der Waals surface area contributed by atoms with Gasteiger partial charge in [-0.1, -0.05) is 17.7 Å².